The molecular weight excluding hydrogens is 248 g/mol. The third kappa shape index (κ3) is 2.48. The number of aliphatic hydroxyl groups excluding tert-OH is 1. The molecule has 2 rings (SSSR count). The second-order valence-electron chi connectivity index (χ2n) is 5.52. The molecular formula is C15H17F2NO. The van der Waals surface area contributed by atoms with Crippen LogP contribution in [-0.4, -0.2) is 5.11 Å². The molecule has 0 aromatic heterocycles. The molecule has 4 heteroatoms. The molecule has 0 spiro atoms. The largest absolute Gasteiger partial charge is 0.387 e. The van der Waals surface area contributed by atoms with Gasteiger partial charge in [0.1, 0.15) is 6.10 Å². The van der Waals surface area contributed by atoms with Crippen molar-refractivity contribution in [3.05, 3.63) is 35.4 Å². The van der Waals surface area contributed by atoms with Gasteiger partial charge in [-0.2, -0.15) is 5.26 Å². The van der Waals surface area contributed by atoms with Gasteiger partial charge >= 0.3 is 0 Å². The molecule has 1 fully saturated rings. The van der Waals surface area contributed by atoms with Gasteiger partial charge in [0.2, 0.25) is 0 Å². The number of rotatable bonds is 2. The van der Waals surface area contributed by atoms with E-state index in [9.17, 15) is 19.1 Å². The Hall–Kier alpha value is -1.47. The van der Waals surface area contributed by atoms with E-state index in [1.54, 1.807) is 0 Å². The van der Waals surface area contributed by atoms with Gasteiger partial charge in [-0.25, -0.2) is 8.78 Å². The highest BCUT2D eigenvalue weighted by Gasteiger charge is 2.43. The van der Waals surface area contributed by atoms with Crippen molar-refractivity contribution in [3.63, 3.8) is 0 Å². The number of hydrogen-bond donors (Lipinski definition) is 1. The van der Waals surface area contributed by atoms with Gasteiger partial charge < -0.3 is 5.11 Å². The molecule has 1 aliphatic carbocycles. The van der Waals surface area contributed by atoms with E-state index in [1.165, 1.54) is 12.1 Å². The molecule has 1 saturated carbocycles. The van der Waals surface area contributed by atoms with Crippen LogP contribution in [0.25, 0.3) is 0 Å². The maximum absolute atomic E-state index is 13.8. The Morgan fingerprint density at radius 1 is 1.47 bits per heavy atom. The molecule has 1 aromatic rings. The Morgan fingerprint density at radius 3 is 2.84 bits per heavy atom. The Balaban J connectivity index is 2.38. The third-order valence-corrected chi connectivity index (χ3v) is 4.05. The monoisotopic (exact) mass is 265 g/mol. The Bertz CT molecular complexity index is 511. The Kier molecular flexibility index (Phi) is 3.86. The summed E-state index contributed by atoms with van der Waals surface area (Å²) in [4.78, 5) is 0. The van der Waals surface area contributed by atoms with Crippen LogP contribution >= 0.6 is 0 Å². The normalized spacial score (nSPS) is 28.7. The van der Waals surface area contributed by atoms with E-state index in [0.717, 1.165) is 18.9 Å². The molecule has 3 atom stereocenters. The van der Waals surface area contributed by atoms with Crippen LogP contribution in [0.15, 0.2) is 18.2 Å². The summed E-state index contributed by atoms with van der Waals surface area (Å²) < 4.78 is 27.0. The second kappa shape index (κ2) is 5.26. The average molecular weight is 265 g/mol. The molecule has 0 bridgehead atoms. The second-order valence-corrected chi connectivity index (χ2v) is 5.52. The standard InChI is InChI=1S/C15H17F2NO/c1-10-4-3-7-15(8-10,9-18)14(19)11-5-2-6-12(16)13(11)17/h2,5-6,10,14,19H,3-4,7-8H2,1H3. The van der Waals surface area contributed by atoms with E-state index >= 15 is 0 Å². The van der Waals surface area contributed by atoms with E-state index in [4.69, 9.17) is 0 Å². The van der Waals surface area contributed by atoms with Crippen molar-refractivity contribution in [3.8, 4) is 6.07 Å². The number of nitrogens with zero attached hydrogens (tertiary/aromatic N) is 1. The van der Waals surface area contributed by atoms with Crippen molar-refractivity contribution in [1.82, 2.24) is 0 Å². The highest BCUT2D eigenvalue weighted by atomic mass is 19.2. The Morgan fingerprint density at radius 2 is 2.21 bits per heavy atom. The first kappa shape index (κ1) is 14.0. The number of aliphatic hydroxyl groups is 1. The third-order valence-electron chi connectivity index (χ3n) is 4.05. The van der Waals surface area contributed by atoms with Crippen molar-refractivity contribution in [2.75, 3.05) is 0 Å². The van der Waals surface area contributed by atoms with E-state index in [2.05, 4.69) is 6.07 Å². The van der Waals surface area contributed by atoms with Gasteiger partial charge in [-0.15, -0.1) is 0 Å². The predicted molar refractivity (Wildman–Crippen MR) is 67.0 cm³/mol. The molecule has 1 aromatic carbocycles. The highest BCUT2D eigenvalue weighted by molar-refractivity contribution is 5.26. The molecule has 1 N–H and O–H groups in total. The summed E-state index contributed by atoms with van der Waals surface area (Å²) in [6.45, 7) is 2.01. The first-order valence-electron chi connectivity index (χ1n) is 6.53. The fraction of sp³-hybridized carbons (Fsp3) is 0.533. The van der Waals surface area contributed by atoms with Crippen molar-refractivity contribution in [2.45, 2.75) is 38.7 Å². The van der Waals surface area contributed by atoms with Crippen molar-refractivity contribution in [2.24, 2.45) is 11.3 Å². The van der Waals surface area contributed by atoms with Crippen LogP contribution in [0, 0.1) is 34.3 Å². The van der Waals surface area contributed by atoms with Crippen molar-refractivity contribution < 1.29 is 13.9 Å². The quantitative estimate of drug-likeness (QED) is 0.885. The van der Waals surface area contributed by atoms with Crippen molar-refractivity contribution in [1.29, 1.82) is 5.26 Å². The van der Waals surface area contributed by atoms with Crippen LogP contribution in [0.5, 0.6) is 0 Å². The van der Waals surface area contributed by atoms with Crippen LogP contribution in [0.1, 0.15) is 44.3 Å². The van der Waals surface area contributed by atoms with Crippen LogP contribution in [0.3, 0.4) is 0 Å². The summed E-state index contributed by atoms with van der Waals surface area (Å²) in [6.07, 6.45) is 1.58. The zero-order valence-electron chi connectivity index (χ0n) is 10.9. The molecule has 3 unspecified atom stereocenters. The molecule has 102 valence electrons. The molecule has 1 aliphatic rings. The van der Waals surface area contributed by atoms with Crippen LogP contribution in [0.4, 0.5) is 8.78 Å². The fourth-order valence-corrected chi connectivity index (χ4v) is 3.03. The summed E-state index contributed by atoms with van der Waals surface area (Å²) >= 11 is 0. The zero-order valence-corrected chi connectivity index (χ0v) is 10.9. The fourth-order valence-electron chi connectivity index (χ4n) is 3.03. The SMILES string of the molecule is CC1CCCC(C#N)(C(O)c2cccc(F)c2F)C1. The van der Waals surface area contributed by atoms with Gasteiger partial charge in [0.25, 0.3) is 0 Å². The van der Waals surface area contributed by atoms with Gasteiger partial charge in [0, 0.05) is 5.56 Å². The maximum Gasteiger partial charge on any atom is 0.164 e. The maximum atomic E-state index is 13.8. The van der Waals surface area contributed by atoms with Gasteiger partial charge in [-0.1, -0.05) is 31.9 Å². The lowest BCUT2D eigenvalue weighted by atomic mass is 9.66. The molecule has 0 heterocycles. The average Bonchev–Trinajstić information content (AvgIpc) is 2.41. The lowest BCUT2D eigenvalue weighted by molar-refractivity contribution is 0.0191. The number of halogens is 2. The van der Waals surface area contributed by atoms with Crippen LogP contribution in [-0.2, 0) is 0 Å². The predicted octanol–water partition coefficient (Wildman–Crippen LogP) is 3.72. The van der Waals surface area contributed by atoms with Crippen molar-refractivity contribution >= 4 is 0 Å². The highest BCUT2D eigenvalue weighted by Crippen LogP contribution is 2.47. The van der Waals surface area contributed by atoms with Crippen LogP contribution in [0.2, 0.25) is 0 Å². The van der Waals surface area contributed by atoms with Gasteiger partial charge in [0.15, 0.2) is 11.6 Å². The summed E-state index contributed by atoms with van der Waals surface area (Å²) in [5.41, 5.74) is -1.12. The topological polar surface area (TPSA) is 44.0 Å². The molecule has 0 saturated heterocycles. The lowest BCUT2D eigenvalue weighted by Gasteiger charge is -2.38. The van der Waals surface area contributed by atoms with E-state index in [0.29, 0.717) is 18.8 Å². The zero-order chi connectivity index (χ0) is 14.0. The van der Waals surface area contributed by atoms with E-state index < -0.39 is 23.2 Å². The van der Waals surface area contributed by atoms with Crippen LogP contribution < -0.4 is 0 Å². The molecule has 2 nitrogen and oxygen atoms in total. The molecule has 0 aliphatic heterocycles. The first-order chi connectivity index (χ1) is 9.00. The minimum Gasteiger partial charge on any atom is -0.387 e. The molecule has 0 amide bonds. The lowest BCUT2D eigenvalue weighted by Crippen LogP contribution is -2.33. The summed E-state index contributed by atoms with van der Waals surface area (Å²) in [7, 11) is 0. The summed E-state index contributed by atoms with van der Waals surface area (Å²) in [5, 5.41) is 19.8. The number of hydrogen-bond acceptors (Lipinski definition) is 2. The summed E-state index contributed by atoms with van der Waals surface area (Å²) in [6, 6.07) is 5.87. The van der Waals surface area contributed by atoms with E-state index in [1.807, 2.05) is 6.92 Å². The molecule has 19 heavy (non-hydrogen) atoms. The minimum atomic E-state index is -1.28. The number of benzene rings is 1. The summed E-state index contributed by atoms with van der Waals surface area (Å²) in [5.74, 6) is -1.74. The van der Waals surface area contributed by atoms with E-state index in [-0.39, 0.29) is 5.56 Å². The Labute approximate surface area is 111 Å². The van der Waals surface area contributed by atoms with Gasteiger partial charge in [-0.3, -0.25) is 0 Å². The smallest absolute Gasteiger partial charge is 0.164 e. The number of nitriles is 1. The van der Waals surface area contributed by atoms with Gasteiger partial charge in [-0.05, 0) is 24.8 Å². The first-order valence-corrected chi connectivity index (χ1v) is 6.53. The van der Waals surface area contributed by atoms with Gasteiger partial charge in [0.05, 0.1) is 11.5 Å². The minimum absolute atomic E-state index is 0.115. The molecule has 0 radical (unpaired) electrons.